The summed E-state index contributed by atoms with van der Waals surface area (Å²) in [5.74, 6) is 0.280. The Morgan fingerprint density at radius 2 is 2.14 bits per heavy atom. The minimum absolute atomic E-state index is 0.170. The van der Waals surface area contributed by atoms with E-state index in [9.17, 15) is 9.59 Å². The summed E-state index contributed by atoms with van der Waals surface area (Å²) in [4.78, 5) is 30.4. The molecule has 1 N–H and O–H groups in total. The molecule has 4 rings (SSSR count). The highest BCUT2D eigenvalue weighted by molar-refractivity contribution is 7.13. The molecular formula is C22H25N3O3S. The molecule has 1 aliphatic carbocycles. The summed E-state index contributed by atoms with van der Waals surface area (Å²) in [5.41, 5.74) is 2.25. The van der Waals surface area contributed by atoms with Gasteiger partial charge in [0.15, 0.2) is 5.13 Å². The highest BCUT2D eigenvalue weighted by Crippen LogP contribution is 2.32. The molecule has 1 fully saturated rings. The van der Waals surface area contributed by atoms with Gasteiger partial charge in [-0.1, -0.05) is 32.1 Å². The molecule has 0 bridgehead atoms. The fourth-order valence-corrected chi connectivity index (χ4v) is 4.78. The molecule has 1 amide bonds. The van der Waals surface area contributed by atoms with E-state index in [-0.39, 0.29) is 11.5 Å². The van der Waals surface area contributed by atoms with E-state index < -0.39 is 6.04 Å². The van der Waals surface area contributed by atoms with Gasteiger partial charge in [-0.2, -0.15) is 0 Å². The van der Waals surface area contributed by atoms with Gasteiger partial charge in [-0.3, -0.25) is 9.59 Å². The van der Waals surface area contributed by atoms with Gasteiger partial charge in [-0.05, 0) is 37.0 Å². The molecule has 0 radical (unpaired) electrons. The van der Waals surface area contributed by atoms with Crippen LogP contribution in [0.2, 0.25) is 0 Å². The topological polar surface area (TPSA) is 77.1 Å². The molecule has 152 valence electrons. The number of furan rings is 1. The van der Waals surface area contributed by atoms with Crippen molar-refractivity contribution < 1.29 is 9.21 Å². The molecule has 7 heteroatoms. The second-order valence-electron chi connectivity index (χ2n) is 7.69. The van der Waals surface area contributed by atoms with Gasteiger partial charge in [-0.15, -0.1) is 11.3 Å². The van der Waals surface area contributed by atoms with Crippen molar-refractivity contribution in [3.8, 4) is 11.1 Å². The van der Waals surface area contributed by atoms with Gasteiger partial charge in [0.1, 0.15) is 6.04 Å². The number of carbonyl (C=O) groups excluding carboxylic acids is 1. The van der Waals surface area contributed by atoms with Gasteiger partial charge in [0.2, 0.25) is 5.91 Å². The molecule has 3 aromatic rings. The standard InChI is InChI=1S/C22H25N3O3S/c1-15-11-18(17-7-9-28-14-17)13-20(26)25(15)19(12-16-5-3-2-4-6-16)21(27)24-22-23-8-10-29-22/h7-11,13-14,16,19H,2-6,12H2,1H3,(H,23,24,27)/t19-/m0/s1. The van der Waals surface area contributed by atoms with E-state index in [1.165, 1.54) is 30.6 Å². The number of nitrogens with one attached hydrogen (secondary N) is 1. The molecule has 1 atom stereocenters. The Bertz CT molecular complexity index is 1000. The van der Waals surface area contributed by atoms with Crippen LogP contribution in [0, 0.1) is 12.8 Å². The average molecular weight is 412 g/mol. The molecule has 29 heavy (non-hydrogen) atoms. The normalized spacial score (nSPS) is 15.9. The molecule has 0 saturated heterocycles. The number of rotatable bonds is 6. The summed E-state index contributed by atoms with van der Waals surface area (Å²) in [6.07, 6.45) is 11.4. The van der Waals surface area contributed by atoms with Crippen molar-refractivity contribution >= 4 is 22.4 Å². The number of nitrogens with zero attached hydrogens (tertiary/aromatic N) is 2. The van der Waals surface area contributed by atoms with Crippen LogP contribution in [0.3, 0.4) is 0 Å². The fraction of sp³-hybridized carbons (Fsp3) is 0.409. The zero-order valence-corrected chi connectivity index (χ0v) is 17.3. The first-order chi connectivity index (χ1) is 14.1. The van der Waals surface area contributed by atoms with E-state index in [1.807, 2.05) is 24.4 Å². The number of aromatic nitrogens is 2. The lowest BCUT2D eigenvalue weighted by Crippen LogP contribution is -2.36. The van der Waals surface area contributed by atoms with Gasteiger partial charge < -0.3 is 14.3 Å². The van der Waals surface area contributed by atoms with Crippen LogP contribution in [0.4, 0.5) is 5.13 Å². The second kappa shape index (κ2) is 8.78. The lowest BCUT2D eigenvalue weighted by atomic mass is 9.84. The maximum atomic E-state index is 13.2. The molecule has 1 saturated carbocycles. The van der Waals surface area contributed by atoms with Gasteiger partial charge in [0.05, 0.1) is 12.5 Å². The molecule has 1 aliphatic rings. The number of anilines is 1. The minimum atomic E-state index is -0.548. The quantitative estimate of drug-likeness (QED) is 0.618. The van der Waals surface area contributed by atoms with Gasteiger partial charge in [0.25, 0.3) is 5.56 Å². The smallest absolute Gasteiger partial charge is 0.252 e. The van der Waals surface area contributed by atoms with Crippen molar-refractivity contribution in [2.24, 2.45) is 5.92 Å². The number of carbonyl (C=O) groups is 1. The molecule has 0 aliphatic heterocycles. The first-order valence-electron chi connectivity index (χ1n) is 10.1. The number of hydrogen-bond donors (Lipinski definition) is 1. The lowest BCUT2D eigenvalue weighted by molar-refractivity contribution is -0.120. The largest absolute Gasteiger partial charge is 0.472 e. The first-order valence-corrected chi connectivity index (χ1v) is 11.0. The van der Waals surface area contributed by atoms with Crippen molar-refractivity contribution in [2.45, 2.75) is 51.5 Å². The molecule has 3 aromatic heterocycles. The average Bonchev–Trinajstić information content (AvgIpc) is 3.41. The van der Waals surface area contributed by atoms with E-state index in [0.29, 0.717) is 17.5 Å². The highest BCUT2D eigenvalue weighted by Gasteiger charge is 2.28. The van der Waals surface area contributed by atoms with E-state index in [4.69, 9.17) is 4.42 Å². The monoisotopic (exact) mass is 411 g/mol. The third-order valence-electron chi connectivity index (χ3n) is 5.67. The van der Waals surface area contributed by atoms with Crippen LogP contribution in [0.5, 0.6) is 0 Å². The molecule has 3 heterocycles. The molecule has 0 unspecified atom stereocenters. The second-order valence-corrected chi connectivity index (χ2v) is 8.58. The first kappa shape index (κ1) is 19.6. The zero-order chi connectivity index (χ0) is 20.2. The summed E-state index contributed by atoms with van der Waals surface area (Å²) < 4.78 is 6.79. The Hall–Kier alpha value is -2.67. The van der Waals surface area contributed by atoms with Gasteiger partial charge in [-0.25, -0.2) is 4.98 Å². The van der Waals surface area contributed by atoms with Crippen LogP contribution in [0.15, 0.2) is 51.5 Å². The van der Waals surface area contributed by atoms with Gasteiger partial charge >= 0.3 is 0 Å². The van der Waals surface area contributed by atoms with Crippen molar-refractivity contribution in [2.75, 3.05) is 5.32 Å². The van der Waals surface area contributed by atoms with Crippen LogP contribution in [-0.2, 0) is 4.79 Å². The van der Waals surface area contributed by atoms with Crippen molar-refractivity contribution in [3.05, 3.63) is 58.4 Å². The van der Waals surface area contributed by atoms with Crippen molar-refractivity contribution in [1.29, 1.82) is 0 Å². The van der Waals surface area contributed by atoms with Crippen LogP contribution < -0.4 is 10.9 Å². The Morgan fingerprint density at radius 1 is 1.31 bits per heavy atom. The molecule has 0 aromatic carbocycles. The number of hydrogen-bond acceptors (Lipinski definition) is 5. The van der Waals surface area contributed by atoms with E-state index >= 15 is 0 Å². The Labute approximate surface area is 173 Å². The Morgan fingerprint density at radius 3 is 2.79 bits per heavy atom. The summed E-state index contributed by atoms with van der Waals surface area (Å²) in [6, 6.07) is 4.81. The molecular weight excluding hydrogens is 386 g/mol. The van der Waals surface area contributed by atoms with Gasteiger partial charge in [0, 0.05) is 28.9 Å². The van der Waals surface area contributed by atoms with Crippen molar-refractivity contribution in [1.82, 2.24) is 9.55 Å². The summed E-state index contributed by atoms with van der Waals surface area (Å²) in [6.45, 7) is 1.88. The number of amides is 1. The van der Waals surface area contributed by atoms with Crippen LogP contribution in [0.25, 0.3) is 11.1 Å². The maximum absolute atomic E-state index is 13.2. The minimum Gasteiger partial charge on any atom is -0.472 e. The van der Waals surface area contributed by atoms with E-state index in [2.05, 4.69) is 10.3 Å². The summed E-state index contributed by atoms with van der Waals surface area (Å²) in [5, 5.41) is 5.28. The summed E-state index contributed by atoms with van der Waals surface area (Å²) >= 11 is 1.38. The summed E-state index contributed by atoms with van der Waals surface area (Å²) in [7, 11) is 0. The van der Waals surface area contributed by atoms with Crippen LogP contribution >= 0.6 is 11.3 Å². The third-order valence-corrected chi connectivity index (χ3v) is 6.36. The fourth-order valence-electron chi connectivity index (χ4n) is 4.25. The highest BCUT2D eigenvalue weighted by atomic mass is 32.1. The predicted octanol–water partition coefficient (Wildman–Crippen LogP) is 5.02. The number of pyridine rings is 1. The lowest BCUT2D eigenvalue weighted by Gasteiger charge is -2.28. The SMILES string of the molecule is Cc1cc(-c2ccoc2)cc(=O)n1[C@@H](CC1CCCCC1)C(=O)Nc1nccs1. The Balaban J connectivity index is 1.67. The van der Waals surface area contributed by atoms with Crippen molar-refractivity contribution in [3.63, 3.8) is 0 Å². The number of thiazole rings is 1. The third kappa shape index (κ3) is 4.50. The number of aryl methyl sites for hydroxylation is 1. The maximum Gasteiger partial charge on any atom is 0.252 e. The van der Waals surface area contributed by atoms with Crippen LogP contribution in [-0.4, -0.2) is 15.5 Å². The Kier molecular flexibility index (Phi) is 5.94. The molecule has 6 nitrogen and oxygen atoms in total. The van der Waals surface area contributed by atoms with E-state index in [0.717, 1.165) is 29.7 Å². The zero-order valence-electron chi connectivity index (χ0n) is 16.5. The predicted molar refractivity (Wildman–Crippen MR) is 114 cm³/mol. The van der Waals surface area contributed by atoms with E-state index in [1.54, 1.807) is 29.4 Å². The van der Waals surface area contributed by atoms with Crippen LogP contribution in [0.1, 0.15) is 50.3 Å². The molecule has 0 spiro atoms.